The number of hydrazine groups is 1. The topological polar surface area (TPSA) is 56.4 Å². The smallest absolute Gasteiger partial charge is 0.238 e. The number of nitrogens with one attached hydrogen (secondary N) is 3. The van der Waals surface area contributed by atoms with E-state index in [-0.39, 0.29) is 11.9 Å². The fraction of sp³-hybridized carbons (Fsp3) is 0.632. The third-order valence-corrected chi connectivity index (χ3v) is 5.80. The first-order valence-corrected chi connectivity index (χ1v) is 9.30. The van der Waals surface area contributed by atoms with E-state index in [1.54, 1.807) is 0 Å². The summed E-state index contributed by atoms with van der Waals surface area (Å²) in [4.78, 5) is 14.9. The SMILES string of the molecule is CC(CNC(=O)C1CC(C2CC2)NN1)N1CCc2ccccc2C1. The number of benzene rings is 1. The summed E-state index contributed by atoms with van der Waals surface area (Å²) in [6.07, 6.45) is 4.63. The zero-order chi connectivity index (χ0) is 16.5. The molecule has 1 aliphatic carbocycles. The average Bonchev–Trinajstić information content (AvgIpc) is 3.35. The van der Waals surface area contributed by atoms with Crippen molar-refractivity contribution >= 4 is 5.91 Å². The number of rotatable bonds is 5. The molecular formula is C19H28N4O. The van der Waals surface area contributed by atoms with Crippen molar-refractivity contribution in [3.63, 3.8) is 0 Å². The summed E-state index contributed by atoms with van der Waals surface area (Å²) >= 11 is 0. The summed E-state index contributed by atoms with van der Waals surface area (Å²) in [7, 11) is 0. The standard InChI is InChI=1S/C19H28N4O/c1-13(23-9-8-14-4-2-3-5-16(14)12-23)11-20-19(24)18-10-17(21-22-18)15-6-7-15/h2-5,13,15,17-18,21-22H,6-12H2,1H3,(H,20,24). The van der Waals surface area contributed by atoms with E-state index in [4.69, 9.17) is 0 Å². The van der Waals surface area contributed by atoms with Gasteiger partial charge in [0.15, 0.2) is 0 Å². The van der Waals surface area contributed by atoms with Gasteiger partial charge < -0.3 is 5.32 Å². The largest absolute Gasteiger partial charge is 0.353 e. The van der Waals surface area contributed by atoms with Gasteiger partial charge in [-0.2, -0.15) is 0 Å². The minimum Gasteiger partial charge on any atom is -0.353 e. The highest BCUT2D eigenvalue weighted by Gasteiger charge is 2.38. The number of carbonyl (C=O) groups is 1. The summed E-state index contributed by atoms with van der Waals surface area (Å²) in [5.41, 5.74) is 9.36. The molecule has 2 fully saturated rings. The molecule has 24 heavy (non-hydrogen) atoms. The molecule has 2 aliphatic heterocycles. The van der Waals surface area contributed by atoms with Crippen molar-refractivity contribution in [1.29, 1.82) is 0 Å². The van der Waals surface area contributed by atoms with E-state index in [1.807, 2.05) is 0 Å². The Morgan fingerprint density at radius 3 is 2.88 bits per heavy atom. The molecule has 0 bridgehead atoms. The Morgan fingerprint density at radius 1 is 1.29 bits per heavy atom. The maximum atomic E-state index is 12.4. The summed E-state index contributed by atoms with van der Waals surface area (Å²) in [5, 5.41) is 3.14. The first-order chi connectivity index (χ1) is 11.7. The predicted octanol–water partition coefficient (Wildman–Crippen LogP) is 1.19. The maximum Gasteiger partial charge on any atom is 0.238 e. The van der Waals surface area contributed by atoms with Crippen LogP contribution in [0.4, 0.5) is 0 Å². The van der Waals surface area contributed by atoms with Gasteiger partial charge in [-0.3, -0.25) is 15.1 Å². The lowest BCUT2D eigenvalue weighted by atomic mass is 9.99. The van der Waals surface area contributed by atoms with E-state index in [0.717, 1.165) is 31.8 Å². The lowest BCUT2D eigenvalue weighted by Crippen LogP contribution is -2.49. The second-order valence-electron chi connectivity index (χ2n) is 7.60. The molecule has 0 aromatic heterocycles. The van der Waals surface area contributed by atoms with E-state index in [2.05, 4.69) is 52.3 Å². The van der Waals surface area contributed by atoms with Crippen LogP contribution in [-0.4, -0.2) is 42.0 Å². The van der Waals surface area contributed by atoms with Gasteiger partial charge in [-0.05, 0) is 49.7 Å². The Labute approximate surface area is 144 Å². The fourth-order valence-corrected chi connectivity index (χ4v) is 3.96. The highest BCUT2D eigenvalue weighted by atomic mass is 16.2. The number of nitrogens with zero attached hydrogens (tertiary/aromatic N) is 1. The third kappa shape index (κ3) is 3.48. The van der Waals surface area contributed by atoms with Crippen molar-refractivity contribution in [2.45, 2.75) is 57.3 Å². The number of carbonyl (C=O) groups excluding carboxylic acids is 1. The van der Waals surface area contributed by atoms with Crippen LogP contribution in [-0.2, 0) is 17.8 Å². The van der Waals surface area contributed by atoms with Crippen LogP contribution in [0.2, 0.25) is 0 Å². The Balaban J connectivity index is 1.25. The molecular weight excluding hydrogens is 300 g/mol. The van der Waals surface area contributed by atoms with E-state index in [0.29, 0.717) is 18.6 Å². The van der Waals surface area contributed by atoms with Gasteiger partial charge in [0, 0.05) is 31.7 Å². The lowest BCUT2D eigenvalue weighted by molar-refractivity contribution is -0.123. The first kappa shape index (κ1) is 16.1. The molecule has 3 N–H and O–H groups in total. The zero-order valence-electron chi connectivity index (χ0n) is 14.4. The molecule has 0 radical (unpaired) electrons. The van der Waals surface area contributed by atoms with Crippen molar-refractivity contribution in [3.05, 3.63) is 35.4 Å². The molecule has 3 unspecified atom stereocenters. The van der Waals surface area contributed by atoms with Gasteiger partial charge in [0.1, 0.15) is 6.04 Å². The molecule has 2 heterocycles. The van der Waals surface area contributed by atoms with Gasteiger partial charge in [-0.15, -0.1) is 0 Å². The normalized spacial score (nSPS) is 28.4. The molecule has 1 saturated heterocycles. The van der Waals surface area contributed by atoms with Crippen molar-refractivity contribution < 1.29 is 4.79 Å². The highest BCUT2D eigenvalue weighted by Crippen LogP contribution is 2.35. The van der Waals surface area contributed by atoms with Crippen LogP contribution in [0, 0.1) is 5.92 Å². The van der Waals surface area contributed by atoms with Gasteiger partial charge in [0.2, 0.25) is 5.91 Å². The van der Waals surface area contributed by atoms with E-state index < -0.39 is 0 Å². The van der Waals surface area contributed by atoms with Crippen LogP contribution < -0.4 is 16.2 Å². The summed E-state index contributed by atoms with van der Waals surface area (Å²) in [5.74, 6) is 0.914. The molecule has 3 atom stereocenters. The lowest BCUT2D eigenvalue weighted by Gasteiger charge is -2.34. The molecule has 1 aromatic carbocycles. The van der Waals surface area contributed by atoms with Crippen molar-refractivity contribution in [2.75, 3.05) is 13.1 Å². The predicted molar refractivity (Wildman–Crippen MR) is 94.2 cm³/mol. The highest BCUT2D eigenvalue weighted by molar-refractivity contribution is 5.82. The summed E-state index contributed by atoms with van der Waals surface area (Å²) in [6, 6.07) is 9.45. The monoisotopic (exact) mass is 328 g/mol. The van der Waals surface area contributed by atoms with Gasteiger partial charge in [-0.1, -0.05) is 24.3 Å². The second kappa shape index (κ2) is 6.82. The Hall–Kier alpha value is -1.43. The van der Waals surface area contributed by atoms with Crippen molar-refractivity contribution in [1.82, 2.24) is 21.1 Å². The van der Waals surface area contributed by atoms with Gasteiger partial charge in [0.25, 0.3) is 0 Å². The molecule has 1 aromatic rings. The van der Waals surface area contributed by atoms with Gasteiger partial charge >= 0.3 is 0 Å². The molecule has 1 saturated carbocycles. The Bertz CT molecular complexity index is 601. The first-order valence-electron chi connectivity index (χ1n) is 9.30. The number of hydrogen-bond acceptors (Lipinski definition) is 4. The van der Waals surface area contributed by atoms with E-state index >= 15 is 0 Å². The molecule has 4 rings (SSSR count). The van der Waals surface area contributed by atoms with Gasteiger partial charge in [0.05, 0.1) is 0 Å². The van der Waals surface area contributed by atoms with E-state index in [9.17, 15) is 4.79 Å². The van der Waals surface area contributed by atoms with Crippen LogP contribution in [0.15, 0.2) is 24.3 Å². The van der Waals surface area contributed by atoms with Crippen molar-refractivity contribution in [3.8, 4) is 0 Å². The van der Waals surface area contributed by atoms with E-state index in [1.165, 1.54) is 24.0 Å². The van der Waals surface area contributed by atoms with Crippen molar-refractivity contribution in [2.24, 2.45) is 5.92 Å². The molecule has 5 heteroatoms. The van der Waals surface area contributed by atoms with Crippen LogP contribution in [0.1, 0.15) is 37.3 Å². The molecule has 1 amide bonds. The van der Waals surface area contributed by atoms with Crippen LogP contribution in [0.3, 0.4) is 0 Å². The Kier molecular flexibility index (Phi) is 4.57. The maximum absolute atomic E-state index is 12.4. The Morgan fingerprint density at radius 2 is 2.08 bits per heavy atom. The molecule has 0 spiro atoms. The molecule has 5 nitrogen and oxygen atoms in total. The molecule has 3 aliphatic rings. The number of hydrogen-bond donors (Lipinski definition) is 3. The molecule has 130 valence electrons. The summed E-state index contributed by atoms with van der Waals surface area (Å²) in [6.45, 7) is 4.98. The summed E-state index contributed by atoms with van der Waals surface area (Å²) < 4.78 is 0. The third-order valence-electron chi connectivity index (χ3n) is 5.80. The van der Waals surface area contributed by atoms with Gasteiger partial charge in [-0.25, -0.2) is 5.43 Å². The number of amides is 1. The number of fused-ring (bicyclic) bond motifs is 1. The zero-order valence-corrected chi connectivity index (χ0v) is 14.4. The minimum absolute atomic E-state index is 0.0788. The second-order valence-corrected chi connectivity index (χ2v) is 7.60. The minimum atomic E-state index is -0.0788. The van der Waals surface area contributed by atoms with Crippen LogP contribution in [0.25, 0.3) is 0 Å². The van der Waals surface area contributed by atoms with Crippen LogP contribution in [0.5, 0.6) is 0 Å². The quantitative estimate of drug-likeness (QED) is 0.760. The van der Waals surface area contributed by atoms with Crippen LogP contribution >= 0.6 is 0 Å². The average molecular weight is 328 g/mol. The fourth-order valence-electron chi connectivity index (χ4n) is 3.96.